The molecule has 3 aromatic rings. The minimum absolute atomic E-state index is 0.531. The van der Waals surface area contributed by atoms with E-state index in [2.05, 4.69) is 10.3 Å². The predicted molar refractivity (Wildman–Crippen MR) is 108 cm³/mol. The highest BCUT2D eigenvalue weighted by atomic mass is 32.2. The fraction of sp³-hybridized carbons (Fsp3) is 0.150. The summed E-state index contributed by atoms with van der Waals surface area (Å²) in [5, 5.41) is 23.7. The van der Waals surface area contributed by atoms with Crippen molar-refractivity contribution < 1.29 is 23.4 Å². The van der Waals surface area contributed by atoms with Crippen molar-refractivity contribution in [2.45, 2.75) is 27.9 Å². The maximum Gasteiger partial charge on any atom is 0.416 e. The minimum Gasteiger partial charge on any atom is -0.374 e. The highest BCUT2D eigenvalue weighted by Gasteiger charge is 2.30. The van der Waals surface area contributed by atoms with Crippen molar-refractivity contribution in [3.05, 3.63) is 70.6 Å². The number of alkyl halides is 3. The van der Waals surface area contributed by atoms with Crippen LogP contribution in [-0.2, 0) is 6.18 Å². The molecule has 0 bridgehead atoms. The molecule has 29 heavy (non-hydrogen) atoms. The van der Waals surface area contributed by atoms with Crippen LogP contribution in [0.15, 0.2) is 69.4 Å². The zero-order valence-electron chi connectivity index (χ0n) is 14.7. The standard InChI is InChI=1S/C20H15F3N2O2S2/c21-20(22,23)13-5-7-14(8-6-13)28-18-12(10-16-17(26)25-19(27)29-16)9-11-3-1-2-4-15(11)24-18/h1-10,17,19,25-27H/b16-10-. The molecule has 1 aliphatic heterocycles. The molecular formula is C20H15F3N2O2S2. The number of nitrogens with one attached hydrogen (secondary N) is 1. The van der Waals surface area contributed by atoms with Gasteiger partial charge in [-0.05, 0) is 42.5 Å². The lowest BCUT2D eigenvalue weighted by molar-refractivity contribution is -0.137. The van der Waals surface area contributed by atoms with Crippen LogP contribution in [0.1, 0.15) is 11.1 Å². The molecule has 2 aromatic carbocycles. The summed E-state index contributed by atoms with van der Waals surface area (Å²) in [5.41, 5.74) is -0.162. The molecule has 2 unspecified atom stereocenters. The van der Waals surface area contributed by atoms with E-state index in [1.54, 1.807) is 6.08 Å². The van der Waals surface area contributed by atoms with Gasteiger partial charge in [-0.2, -0.15) is 13.2 Å². The number of aliphatic hydroxyl groups excluding tert-OH is 2. The van der Waals surface area contributed by atoms with Crippen LogP contribution in [0.2, 0.25) is 0 Å². The molecule has 0 amide bonds. The number of para-hydroxylation sites is 1. The van der Waals surface area contributed by atoms with E-state index in [0.717, 1.165) is 34.8 Å². The SMILES string of the molecule is OC1NC(O)/C(=C/c2cc3ccccc3nc2Sc2ccc(C(F)(F)F)cc2)S1. The molecule has 0 aliphatic carbocycles. The van der Waals surface area contributed by atoms with Crippen molar-refractivity contribution >= 4 is 40.5 Å². The molecule has 2 heterocycles. The second-order valence-corrected chi connectivity index (χ2v) is 8.50. The van der Waals surface area contributed by atoms with Gasteiger partial charge in [0.2, 0.25) is 0 Å². The summed E-state index contributed by atoms with van der Waals surface area (Å²) in [6.45, 7) is 0. The van der Waals surface area contributed by atoms with E-state index in [1.165, 1.54) is 23.9 Å². The van der Waals surface area contributed by atoms with Crippen LogP contribution < -0.4 is 5.32 Å². The van der Waals surface area contributed by atoms with Crippen molar-refractivity contribution in [3.63, 3.8) is 0 Å². The topological polar surface area (TPSA) is 65.4 Å². The van der Waals surface area contributed by atoms with Crippen molar-refractivity contribution in [2.24, 2.45) is 0 Å². The summed E-state index contributed by atoms with van der Waals surface area (Å²) in [6.07, 6.45) is -3.65. The molecule has 9 heteroatoms. The van der Waals surface area contributed by atoms with Crippen molar-refractivity contribution in [1.29, 1.82) is 0 Å². The Kier molecular flexibility index (Phi) is 5.58. The van der Waals surface area contributed by atoms with Crippen LogP contribution in [0.4, 0.5) is 13.2 Å². The Labute approximate surface area is 172 Å². The summed E-state index contributed by atoms with van der Waals surface area (Å²) >= 11 is 2.32. The second-order valence-electron chi connectivity index (χ2n) is 6.29. The van der Waals surface area contributed by atoms with Crippen molar-refractivity contribution in [3.8, 4) is 0 Å². The van der Waals surface area contributed by atoms with Crippen molar-refractivity contribution in [2.75, 3.05) is 0 Å². The number of pyridine rings is 1. The summed E-state index contributed by atoms with van der Waals surface area (Å²) in [5.74, 6) is 0. The van der Waals surface area contributed by atoms with E-state index in [0.29, 0.717) is 20.4 Å². The summed E-state index contributed by atoms with van der Waals surface area (Å²) < 4.78 is 38.4. The summed E-state index contributed by atoms with van der Waals surface area (Å²) in [7, 11) is 0. The molecule has 2 atom stereocenters. The second kappa shape index (κ2) is 8.00. The number of fused-ring (bicyclic) bond motifs is 1. The van der Waals surface area contributed by atoms with Crippen molar-refractivity contribution in [1.82, 2.24) is 10.3 Å². The molecule has 4 nitrogen and oxygen atoms in total. The normalized spacial score (nSPS) is 21.2. The third-order valence-electron chi connectivity index (χ3n) is 4.23. The highest BCUT2D eigenvalue weighted by Crippen LogP contribution is 2.37. The van der Waals surface area contributed by atoms with Gasteiger partial charge >= 0.3 is 6.18 Å². The average molecular weight is 436 g/mol. The number of rotatable bonds is 3. The van der Waals surface area contributed by atoms with Crippen LogP contribution in [0.5, 0.6) is 0 Å². The van der Waals surface area contributed by atoms with E-state index < -0.39 is 23.5 Å². The summed E-state index contributed by atoms with van der Waals surface area (Å²) in [6, 6.07) is 14.3. The highest BCUT2D eigenvalue weighted by molar-refractivity contribution is 8.04. The Morgan fingerprint density at radius 3 is 2.45 bits per heavy atom. The van der Waals surface area contributed by atoms with Gasteiger partial charge in [0.05, 0.1) is 11.1 Å². The number of nitrogens with zero attached hydrogens (tertiary/aromatic N) is 1. The number of aromatic nitrogens is 1. The molecule has 0 saturated carbocycles. The zero-order valence-corrected chi connectivity index (χ0v) is 16.4. The molecule has 150 valence electrons. The maximum atomic E-state index is 12.8. The van der Waals surface area contributed by atoms with E-state index in [-0.39, 0.29) is 0 Å². The number of benzene rings is 2. The fourth-order valence-electron chi connectivity index (χ4n) is 2.83. The van der Waals surface area contributed by atoms with E-state index >= 15 is 0 Å². The van der Waals surface area contributed by atoms with Crippen LogP contribution >= 0.6 is 23.5 Å². The van der Waals surface area contributed by atoms with E-state index in [4.69, 9.17) is 0 Å². The quantitative estimate of drug-likeness (QED) is 0.554. The van der Waals surface area contributed by atoms with Gasteiger partial charge in [0, 0.05) is 20.8 Å². The Hall–Kier alpha value is -2.04. The third kappa shape index (κ3) is 4.59. The van der Waals surface area contributed by atoms with Gasteiger partial charge < -0.3 is 10.2 Å². The van der Waals surface area contributed by atoms with Gasteiger partial charge in [-0.15, -0.1) is 0 Å². The minimum atomic E-state index is -4.39. The number of hydrogen-bond donors (Lipinski definition) is 3. The molecule has 1 fully saturated rings. The first-order chi connectivity index (χ1) is 13.8. The first kappa shape index (κ1) is 20.2. The summed E-state index contributed by atoms with van der Waals surface area (Å²) in [4.78, 5) is 5.79. The smallest absolute Gasteiger partial charge is 0.374 e. The Balaban J connectivity index is 1.73. The Bertz CT molecular complexity index is 1070. The number of thioether (sulfide) groups is 1. The zero-order chi connectivity index (χ0) is 20.6. The largest absolute Gasteiger partial charge is 0.416 e. The monoisotopic (exact) mass is 436 g/mol. The Morgan fingerprint density at radius 1 is 1.07 bits per heavy atom. The molecule has 3 N–H and O–H groups in total. The molecule has 4 rings (SSSR count). The van der Waals surface area contributed by atoms with Crippen LogP contribution in [0.3, 0.4) is 0 Å². The molecule has 0 radical (unpaired) electrons. The lowest BCUT2D eigenvalue weighted by Crippen LogP contribution is -2.28. The fourth-order valence-corrected chi connectivity index (χ4v) is 4.56. The number of aliphatic hydroxyl groups is 2. The molecule has 1 aliphatic rings. The third-order valence-corrected chi connectivity index (χ3v) is 6.23. The molecule has 1 aromatic heterocycles. The number of halogens is 3. The van der Waals surface area contributed by atoms with Crippen LogP contribution in [0, 0.1) is 0 Å². The Morgan fingerprint density at radius 2 is 1.79 bits per heavy atom. The lowest BCUT2D eigenvalue weighted by Gasteiger charge is -2.11. The molecule has 0 spiro atoms. The first-order valence-electron chi connectivity index (χ1n) is 8.55. The number of hydrogen-bond acceptors (Lipinski definition) is 6. The van der Waals surface area contributed by atoms with Crippen LogP contribution in [-0.4, -0.2) is 27.0 Å². The van der Waals surface area contributed by atoms with Gasteiger partial charge in [-0.25, -0.2) is 4.98 Å². The van der Waals surface area contributed by atoms with Gasteiger partial charge in [0.15, 0.2) is 5.56 Å². The molecular weight excluding hydrogens is 421 g/mol. The van der Waals surface area contributed by atoms with Gasteiger partial charge in [-0.3, -0.25) is 5.32 Å². The average Bonchev–Trinajstić information content (AvgIpc) is 2.99. The van der Waals surface area contributed by atoms with Crippen LogP contribution in [0.25, 0.3) is 17.0 Å². The predicted octanol–water partition coefficient (Wildman–Crippen LogP) is 4.68. The van der Waals surface area contributed by atoms with Gasteiger partial charge in [0.1, 0.15) is 11.3 Å². The molecule has 1 saturated heterocycles. The van der Waals surface area contributed by atoms with E-state index in [9.17, 15) is 23.4 Å². The lowest BCUT2D eigenvalue weighted by atomic mass is 10.1. The maximum absolute atomic E-state index is 12.8. The van der Waals surface area contributed by atoms with Gasteiger partial charge in [-0.1, -0.05) is 41.7 Å². The first-order valence-corrected chi connectivity index (χ1v) is 10.2. The van der Waals surface area contributed by atoms with Gasteiger partial charge in [0.25, 0.3) is 0 Å². The van der Waals surface area contributed by atoms with E-state index in [1.807, 2.05) is 30.3 Å².